The molecular weight excluding hydrogens is 242 g/mol. The molecule has 17 heavy (non-hydrogen) atoms. The maximum atomic E-state index is 11.9. The molecule has 7 nitrogen and oxygen atoms in total. The average Bonchev–Trinajstić information content (AvgIpc) is 2.85. The van der Waals surface area contributed by atoms with E-state index in [0.29, 0.717) is 5.69 Å². The van der Waals surface area contributed by atoms with Gasteiger partial charge in [0.1, 0.15) is 4.90 Å². The zero-order valence-corrected chi connectivity index (χ0v) is 10.3. The maximum absolute atomic E-state index is 11.9. The molecule has 0 bridgehead atoms. The van der Waals surface area contributed by atoms with Gasteiger partial charge >= 0.3 is 0 Å². The van der Waals surface area contributed by atoms with Gasteiger partial charge in [0.2, 0.25) is 10.0 Å². The van der Waals surface area contributed by atoms with Gasteiger partial charge in [-0.1, -0.05) is 0 Å². The van der Waals surface area contributed by atoms with E-state index in [1.165, 1.54) is 6.20 Å². The van der Waals surface area contributed by atoms with E-state index in [-0.39, 0.29) is 11.4 Å². The Morgan fingerprint density at radius 2 is 1.82 bits per heavy atom. The number of aromatic nitrogens is 4. The summed E-state index contributed by atoms with van der Waals surface area (Å²) in [7, 11) is -3.53. The van der Waals surface area contributed by atoms with Gasteiger partial charge in [-0.05, 0) is 13.8 Å². The van der Waals surface area contributed by atoms with Crippen LogP contribution in [0.1, 0.15) is 17.0 Å². The second-order valence-corrected chi connectivity index (χ2v) is 5.44. The number of aryl methyl sites for hydroxylation is 2. The van der Waals surface area contributed by atoms with Crippen LogP contribution in [-0.2, 0) is 16.6 Å². The van der Waals surface area contributed by atoms with Gasteiger partial charge in [-0.2, -0.15) is 10.2 Å². The molecular formula is C9H13N5O2S. The fourth-order valence-corrected chi connectivity index (χ4v) is 2.56. The Morgan fingerprint density at radius 3 is 2.35 bits per heavy atom. The summed E-state index contributed by atoms with van der Waals surface area (Å²) in [6.07, 6.45) is 2.89. The zero-order valence-electron chi connectivity index (χ0n) is 9.48. The van der Waals surface area contributed by atoms with Gasteiger partial charge < -0.3 is 0 Å². The van der Waals surface area contributed by atoms with Gasteiger partial charge in [0.15, 0.2) is 0 Å². The highest BCUT2D eigenvalue weighted by Crippen LogP contribution is 2.12. The molecule has 0 saturated heterocycles. The van der Waals surface area contributed by atoms with Crippen LogP contribution in [0.2, 0.25) is 0 Å². The predicted octanol–water partition coefficient (Wildman–Crippen LogP) is 0.228. The molecule has 92 valence electrons. The minimum atomic E-state index is -3.53. The summed E-state index contributed by atoms with van der Waals surface area (Å²) in [5, 5.41) is 12.9. The lowest BCUT2D eigenvalue weighted by Gasteiger charge is -2.04. The molecule has 2 aromatic rings. The topological polar surface area (TPSA) is 104 Å². The van der Waals surface area contributed by atoms with Gasteiger partial charge in [0, 0.05) is 17.8 Å². The fraction of sp³-hybridized carbons (Fsp3) is 0.333. The van der Waals surface area contributed by atoms with Gasteiger partial charge in [-0.25, -0.2) is 13.1 Å². The molecule has 0 atom stereocenters. The Morgan fingerprint density at radius 1 is 1.18 bits per heavy atom. The van der Waals surface area contributed by atoms with Crippen LogP contribution in [0.15, 0.2) is 17.3 Å². The minimum absolute atomic E-state index is 0.165. The predicted molar refractivity (Wildman–Crippen MR) is 60.7 cm³/mol. The Bertz CT molecular complexity index is 613. The highest BCUT2D eigenvalue weighted by molar-refractivity contribution is 7.89. The van der Waals surface area contributed by atoms with Crippen molar-refractivity contribution in [1.29, 1.82) is 0 Å². The summed E-state index contributed by atoms with van der Waals surface area (Å²) in [5.41, 5.74) is 2.17. The first-order valence-corrected chi connectivity index (χ1v) is 6.47. The summed E-state index contributed by atoms with van der Waals surface area (Å²) in [6.45, 7) is 3.69. The third-order valence-electron chi connectivity index (χ3n) is 2.46. The van der Waals surface area contributed by atoms with Crippen LogP contribution in [0, 0.1) is 13.8 Å². The molecule has 0 fully saturated rings. The second-order valence-electron chi connectivity index (χ2n) is 3.70. The van der Waals surface area contributed by atoms with Gasteiger partial charge in [-0.3, -0.25) is 10.2 Å². The third-order valence-corrected chi connectivity index (χ3v) is 3.98. The van der Waals surface area contributed by atoms with Crippen molar-refractivity contribution in [3.8, 4) is 0 Å². The van der Waals surface area contributed by atoms with Gasteiger partial charge in [0.25, 0.3) is 0 Å². The molecule has 3 N–H and O–H groups in total. The number of hydrogen-bond donors (Lipinski definition) is 3. The molecule has 0 aromatic carbocycles. The largest absolute Gasteiger partial charge is 0.283 e. The summed E-state index contributed by atoms with van der Waals surface area (Å²) in [4.78, 5) is 0.165. The number of H-pyrrole nitrogens is 2. The van der Waals surface area contributed by atoms with Crippen LogP contribution in [0.25, 0.3) is 0 Å². The lowest BCUT2D eigenvalue weighted by Crippen LogP contribution is -2.23. The highest BCUT2D eigenvalue weighted by Gasteiger charge is 2.18. The molecule has 0 radical (unpaired) electrons. The lowest BCUT2D eigenvalue weighted by atomic mass is 10.3. The molecule has 0 spiro atoms. The van der Waals surface area contributed by atoms with Crippen LogP contribution < -0.4 is 4.72 Å². The van der Waals surface area contributed by atoms with Crippen molar-refractivity contribution in [3.63, 3.8) is 0 Å². The summed E-state index contributed by atoms with van der Waals surface area (Å²) < 4.78 is 26.3. The van der Waals surface area contributed by atoms with Crippen LogP contribution >= 0.6 is 0 Å². The first-order valence-electron chi connectivity index (χ1n) is 4.99. The van der Waals surface area contributed by atoms with E-state index in [0.717, 1.165) is 11.3 Å². The van der Waals surface area contributed by atoms with Crippen molar-refractivity contribution in [2.75, 3.05) is 0 Å². The SMILES string of the molecule is Cc1[nH]ncc1CNS(=O)(=O)c1cn[nH]c1C. The molecule has 2 rings (SSSR count). The molecule has 2 heterocycles. The molecule has 0 aliphatic heterocycles. The van der Waals surface area contributed by atoms with Crippen molar-refractivity contribution in [3.05, 3.63) is 29.3 Å². The fourth-order valence-electron chi connectivity index (χ4n) is 1.41. The Labute approximate surface area is 98.7 Å². The minimum Gasteiger partial charge on any atom is -0.283 e. The number of nitrogens with one attached hydrogen (secondary N) is 3. The third kappa shape index (κ3) is 2.37. The van der Waals surface area contributed by atoms with Crippen molar-refractivity contribution in [2.24, 2.45) is 0 Å². The van der Waals surface area contributed by atoms with Crippen LogP contribution in [0.4, 0.5) is 0 Å². The molecule has 0 aliphatic rings. The van der Waals surface area contributed by atoms with Crippen molar-refractivity contribution in [1.82, 2.24) is 25.1 Å². The van der Waals surface area contributed by atoms with E-state index in [1.807, 2.05) is 6.92 Å². The van der Waals surface area contributed by atoms with Gasteiger partial charge in [0.05, 0.1) is 18.1 Å². The number of rotatable bonds is 4. The van der Waals surface area contributed by atoms with Crippen LogP contribution in [0.5, 0.6) is 0 Å². The standard InChI is InChI=1S/C9H13N5O2S/c1-6-8(3-10-13-6)4-12-17(15,16)9-5-11-14-7(9)2/h3,5,12H,4H2,1-2H3,(H,10,13)(H,11,14). The summed E-state index contributed by atoms with van der Waals surface area (Å²) in [5.74, 6) is 0. The lowest BCUT2D eigenvalue weighted by molar-refractivity contribution is 0.580. The smallest absolute Gasteiger partial charge is 0.244 e. The number of hydrogen-bond acceptors (Lipinski definition) is 4. The van der Waals surface area contributed by atoms with E-state index in [2.05, 4.69) is 25.1 Å². The molecule has 0 saturated carbocycles. The second kappa shape index (κ2) is 4.30. The molecule has 2 aromatic heterocycles. The highest BCUT2D eigenvalue weighted by atomic mass is 32.2. The molecule has 0 amide bonds. The average molecular weight is 255 g/mol. The van der Waals surface area contributed by atoms with Crippen LogP contribution in [-0.4, -0.2) is 28.8 Å². The Balaban J connectivity index is 2.15. The number of nitrogens with zero attached hydrogens (tertiary/aromatic N) is 2. The first kappa shape index (κ1) is 11.8. The van der Waals surface area contributed by atoms with E-state index in [9.17, 15) is 8.42 Å². The van der Waals surface area contributed by atoms with Crippen molar-refractivity contribution in [2.45, 2.75) is 25.3 Å². The van der Waals surface area contributed by atoms with Crippen LogP contribution in [0.3, 0.4) is 0 Å². The molecule has 8 heteroatoms. The quantitative estimate of drug-likeness (QED) is 0.727. The van der Waals surface area contributed by atoms with E-state index in [4.69, 9.17) is 0 Å². The first-order chi connectivity index (χ1) is 8.00. The Hall–Kier alpha value is -1.67. The van der Waals surface area contributed by atoms with E-state index in [1.54, 1.807) is 13.1 Å². The normalized spacial score (nSPS) is 11.9. The Kier molecular flexibility index (Phi) is 2.99. The van der Waals surface area contributed by atoms with Gasteiger partial charge in [-0.15, -0.1) is 0 Å². The van der Waals surface area contributed by atoms with Crippen molar-refractivity contribution >= 4 is 10.0 Å². The maximum Gasteiger partial charge on any atom is 0.244 e. The summed E-state index contributed by atoms with van der Waals surface area (Å²) in [6, 6.07) is 0. The molecule has 0 unspecified atom stereocenters. The number of aromatic amines is 2. The van der Waals surface area contributed by atoms with E-state index >= 15 is 0 Å². The molecule has 0 aliphatic carbocycles. The summed E-state index contributed by atoms with van der Waals surface area (Å²) >= 11 is 0. The van der Waals surface area contributed by atoms with E-state index < -0.39 is 10.0 Å². The zero-order chi connectivity index (χ0) is 12.5. The number of sulfonamides is 1. The van der Waals surface area contributed by atoms with Crippen molar-refractivity contribution < 1.29 is 8.42 Å². The monoisotopic (exact) mass is 255 g/mol.